The Kier molecular flexibility index (Phi) is 21.2. The number of hydrogen-bond acceptors (Lipinski definition) is 18. The molecule has 5 N–H and O–H groups in total. The van der Waals surface area contributed by atoms with E-state index in [9.17, 15) is 44.2 Å². The van der Waals surface area contributed by atoms with E-state index in [1.807, 2.05) is 18.3 Å². The molecule has 2 amide bonds. The van der Waals surface area contributed by atoms with E-state index >= 15 is 0 Å². The van der Waals surface area contributed by atoms with Gasteiger partial charge >= 0.3 is 11.7 Å². The van der Waals surface area contributed by atoms with Crippen LogP contribution in [0.5, 0.6) is 0 Å². The minimum absolute atomic E-state index is 0.0191. The lowest BCUT2D eigenvalue weighted by Crippen LogP contribution is -2.24. The number of esters is 1. The SMILES string of the molecule is Brc1cnc2c(c1)NCC21CC1.CC(=O)Cc1ncc(Br)cc1N.CCOC(=O)C(C(C)=O)c1ncc(Br)cc1[N+](=O)[O-].O=C1Cc2ncc(Br)cc2N1.O=C1Nc2cc(Br)cnc2C12CC2.O=[N+]([O-])c1cc(Br)cnc1Cl. The van der Waals surface area contributed by atoms with Crippen LogP contribution < -0.4 is 21.7 Å². The molecule has 2 saturated carbocycles. The lowest BCUT2D eigenvalue weighted by molar-refractivity contribution is -0.386. The van der Waals surface area contributed by atoms with Crippen LogP contribution in [0.15, 0.2) is 100 Å². The third kappa shape index (κ3) is 16.0. The molecular weight excluding hydrogens is 1430 g/mol. The maximum absolute atomic E-state index is 11.7. The Morgan fingerprint density at radius 1 is 0.705 bits per heavy atom. The van der Waals surface area contributed by atoms with E-state index in [-0.39, 0.29) is 46.2 Å². The second-order valence-corrected chi connectivity index (χ2v) is 23.4. The van der Waals surface area contributed by atoms with Crippen molar-refractivity contribution in [3.05, 3.63) is 154 Å². The number of rotatable bonds is 8. The highest BCUT2D eigenvalue weighted by molar-refractivity contribution is 9.11. The zero-order valence-corrected chi connectivity index (χ0v) is 51.3. The van der Waals surface area contributed by atoms with Crippen molar-refractivity contribution in [1.29, 1.82) is 0 Å². The van der Waals surface area contributed by atoms with Gasteiger partial charge in [-0.3, -0.25) is 69.1 Å². The zero-order chi connectivity index (χ0) is 57.2. The number of ketones is 2. The van der Waals surface area contributed by atoms with E-state index in [0.29, 0.717) is 38.6 Å². The predicted molar refractivity (Wildman–Crippen MR) is 310 cm³/mol. The van der Waals surface area contributed by atoms with Gasteiger partial charge in [-0.25, -0.2) is 4.98 Å². The molecule has 22 nitrogen and oxygen atoms in total. The molecule has 3 aliphatic heterocycles. The lowest BCUT2D eigenvalue weighted by atomic mass is 9.99. The van der Waals surface area contributed by atoms with Gasteiger partial charge in [-0.1, -0.05) is 11.6 Å². The monoisotopic (exact) mass is 1470 g/mol. The Hall–Kier alpha value is -5.78. The molecule has 29 heteroatoms. The summed E-state index contributed by atoms with van der Waals surface area (Å²) in [6.07, 6.45) is 14.9. The van der Waals surface area contributed by atoms with E-state index in [4.69, 9.17) is 22.1 Å². The second kappa shape index (κ2) is 26.9. The van der Waals surface area contributed by atoms with Crippen LogP contribution in [0.25, 0.3) is 0 Å². The number of nitrogens with two attached hydrogens (primary N) is 1. The summed E-state index contributed by atoms with van der Waals surface area (Å²) in [5, 5.41) is 30.1. The number of Topliss-reactive ketones (excluding diaryl/α,β-unsaturated/α-hetero) is 2. The summed E-state index contributed by atoms with van der Waals surface area (Å²) in [5.74, 6) is -2.58. The maximum atomic E-state index is 11.7. The first kappa shape index (κ1) is 61.4. The number of nitro groups is 2. The normalized spacial score (nSPS) is 14.7. The number of amides is 2. The van der Waals surface area contributed by atoms with Crippen molar-refractivity contribution in [2.75, 3.05) is 34.8 Å². The van der Waals surface area contributed by atoms with Crippen LogP contribution in [0.3, 0.4) is 0 Å². The Labute approximate surface area is 500 Å². The number of nitrogen functional groups attached to an aromatic ring is 1. The number of anilines is 4. The fourth-order valence-corrected chi connectivity index (χ4v) is 9.89. The third-order valence-corrected chi connectivity index (χ3v) is 14.6. The summed E-state index contributed by atoms with van der Waals surface area (Å²) in [6.45, 7) is 5.43. The van der Waals surface area contributed by atoms with Crippen molar-refractivity contribution in [3.8, 4) is 0 Å². The highest BCUT2D eigenvalue weighted by atomic mass is 79.9. The van der Waals surface area contributed by atoms with E-state index in [0.717, 1.165) is 67.0 Å². The molecule has 0 saturated heterocycles. The Bertz CT molecular complexity index is 3350. The second-order valence-electron chi connectivity index (χ2n) is 17.5. The smallest absolute Gasteiger partial charge is 0.322 e. The largest absolute Gasteiger partial charge is 0.465 e. The van der Waals surface area contributed by atoms with Crippen molar-refractivity contribution < 1.29 is 38.6 Å². The number of pyridine rings is 6. The number of fused-ring (bicyclic) bond motifs is 5. The van der Waals surface area contributed by atoms with Gasteiger partial charge in [-0.15, -0.1) is 0 Å². The van der Waals surface area contributed by atoms with E-state index in [1.54, 1.807) is 31.6 Å². The first-order valence-corrected chi connectivity index (χ1v) is 28.1. The number of halogens is 7. The average Bonchev–Trinajstić information content (AvgIpc) is 4.34. The Morgan fingerprint density at radius 3 is 1.78 bits per heavy atom. The van der Waals surface area contributed by atoms with Crippen molar-refractivity contribution in [1.82, 2.24) is 29.9 Å². The van der Waals surface area contributed by atoms with Crippen LogP contribution in [0.1, 0.15) is 80.8 Å². The molecule has 6 aromatic heterocycles. The molecule has 408 valence electrons. The van der Waals surface area contributed by atoms with E-state index in [1.165, 1.54) is 55.7 Å². The van der Waals surface area contributed by atoms with Crippen molar-refractivity contribution in [2.24, 2.45) is 0 Å². The van der Waals surface area contributed by atoms with Crippen LogP contribution in [0.4, 0.5) is 34.1 Å². The lowest BCUT2D eigenvalue weighted by Gasteiger charge is -2.12. The highest BCUT2D eigenvalue weighted by Crippen LogP contribution is 2.55. The Morgan fingerprint density at radius 2 is 1.23 bits per heavy atom. The number of carbonyl (C=O) groups excluding carboxylic acids is 5. The van der Waals surface area contributed by atoms with Gasteiger partial charge in [0.2, 0.25) is 17.0 Å². The number of hydrogen-bond donors (Lipinski definition) is 4. The summed E-state index contributed by atoms with van der Waals surface area (Å²) < 4.78 is 9.35. The molecule has 0 bridgehead atoms. The molecular formula is C49H43Br6ClN12O10. The first-order valence-electron chi connectivity index (χ1n) is 23.0. The molecule has 2 fully saturated rings. The van der Waals surface area contributed by atoms with Gasteiger partial charge in [-0.05, 0) is 166 Å². The molecule has 11 rings (SSSR count). The molecule has 2 spiro atoms. The van der Waals surface area contributed by atoms with Crippen LogP contribution in [-0.4, -0.2) is 82.3 Å². The summed E-state index contributed by atoms with van der Waals surface area (Å²) >= 11 is 24.8. The molecule has 1 unspecified atom stereocenters. The van der Waals surface area contributed by atoms with Gasteiger partial charge in [0, 0.05) is 88.1 Å². The number of nitrogens with zero attached hydrogens (tertiary/aromatic N) is 8. The first-order chi connectivity index (χ1) is 36.9. The van der Waals surface area contributed by atoms with Crippen LogP contribution in [0.2, 0.25) is 5.15 Å². The average molecular weight is 1470 g/mol. The minimum atomic E-state index is -1.38. The maximum Gasteiger partial charge on any atom is 0.322 e. The van der Waals surface area contributed by atoms with Gasteiger partial charge in [0.1, 0.15) is 17.3 Å². The number of nitrogens with one attached hydrogen (secondary N) is 3. The van der Waals surface area contributed by atoms with E-state index < -0.39 is 33.2 Å². The molecule has 6 aromatic rings. The van der Waals surface area contributed by atoms with Crippen molar-refractivity contribution in [2.45, 2.75) is 76.0 Å². The number of aromatic nitrogens is 6. The van der Waals surface area contributed by atoms with E-state index in [2.05, 4.69) is 148 Å². The van der Waals surface area contributed by atoms with Gasteiger partial charge < -0.3 is 26.4 Å². The highest BCUT2D eigenvalue weighted by Gasteiger charge is 2.57. The van der Waals surface area contributed by atoms with Gasteiger partial charge in [0.05, 0.1) is 80.2 Å². The van der Waals surface area contributed by atoms with Gasteiger partial charge in [0.15, 0.2) is 5.92 Å². The predicted octanol–water partition coefficient (Wildman–Crippen LogP) is 11.4. The molecule has 5 aliphatic rings. The quantitative estimate of drug-likeness (QED) is 0.0362. The topological polar surface area (TPSA) is 320 Å². The fraction of sp³-hybridized carbons (Fsp3) is 0.286. The number of carbonyl (C=O) groups is 5. The summed E-state index contributed by atoms with van der Waals surface area (Å²) in [7, 11) is 0. The molecule has 78 heavy (non-hydrogen) atoms. The number of ether oxygens (including phenoxy) is 1. The zero-order valence-electron chi connectivity index (χ0n) is 41.0. The van der Waals surface area contributed by atoms with Crippen LogP contribution >= 0.6 is 107 Å². The molecule has 2 aliphatic carbocycles. The van der Waals surface area contributed by atoms with Crippen molar-refractivity contribution >= 4 is 171 Å². The summed E-state index contributed by atoms with van der Waals surface area (Å²) in [5.41, 5.74) is 12.2. The van der Waals surface area contributed by atoms with Crippen molar-refractivity contribution in [3.63, 3.8) is 0 Å². The van der Waals surface area contributed by atoms with Crippen LogP contribution in [0, 0.1) is 20.2 Å². The van der Waals surface area contributed by atoms with Gasteiger partial charge in [0.25, 0.3) is 5.69 Å². The third-order valence-electron chi connectivity index (χ3n) is 11.7. The fourth-order valence-electron chi connectivity index (χ4n) is 7.74. The Balaban J connectivity index is 0.000000153. The molecule has 9 heterocycles. The molecule has 0 aromatic carbocycles. The molecule has 1 atom stereocenters. The minimum Gasteiger partial charge on any atom is -0.465 e. The summed E-state index contributed by atoms with van der Waals surface area (Å²) in [6, 6.07) is 10.1. The standard InChI is InChI=1S/C11H11BrN2O5.C9H7BrN2O.C9H9BrN2.C8H9BrN2O.C7H5BrN2O.C5H2BrClN2O2/c1-3-19-11(16)9(6(2)15)10-8(14(17)18)4-7(12)5-13-10;10-5-3-6-7(11-4-5)9(1-2-9)8(13)12-6;10-6-3-7-8(11-4-6)9(1-2-9)5-12-7;1-5(12)2-8-7(10)3-6(9)4-11-8;8-4-1-6-5(9-3-4)2-7(11)10-6;6-3-1-4(9(10)11)5(7)8-2-3/h4-5,9H,3H2,1-2H3;3-4H,1-2H2,(H,12,13);3-4,12H,1-2,5H2;3-4H,2,10H2,1H3;1,3H,2H2,(H,10,11);1-2H. The summed E-state index contributed by atoms with van der Waals surface area (Å²) in [4.78, 5) is 101. The van der Waals surface area contributed by atoms with Crippen LogP contribution in [-0.2, 0) is 52.4 Å². The van der Waals surface area contributed by atoms with Gasteiger partial charge in [-0.2, -0.15) is 0 Å². The molecule has 0 radical (unpaired) electrons.